The van der Waals surface area contributed by atoms with Crippen LogP contribution in [0.4, 0.5) is 5.69 Å². The van der Waals surface area contributed by atoms with Crippen LogP contribution >= 0.6 is 0 Å². The molecular formula is C25H32N6O2. The first-order valence-electron chi connectivity index (χ1n) is 11.6. The van der Waals surface area contributed by atoms with Gasteiger partial charge in [-0.05, 0) is 57.6 Å². The minimum absolute atomic E-state index is 0.0659. The number of pyridine rings is 1. The summed E-state index contributed by atoms with van der Waals surface area (Å²) in [5, 5.41) is 11.9. The molecule has 2 amide bonds. The lowest BCUT2D eigenvalue weighted by Gasteiger charge is -2.29. The van der Waals surface area contributed by atoms with Crippen LogP contribution in [0.25, 0.3) is 11.0 Å². The number of nitrogens with two attached hydrogens (primary N) is 1. The summed E-state index contributed by atoms with van der Waals surface area (Å²) in [5.41, 5.74) is 10.9. The topological polar surface area (TPSA) is 115 Å². The Bertz CT molecular complexity index is 1180. The van der Waals surface area contributed by atoms with Gasteiger partial charge in [-0.15, -0.1) is 0 Å². The first kappa shape index (κ1) is 22.8. The summed E-state index contributed by atoms with van der Waals surface area (Å²) in [5.74, 6) is -0.471. The Kier molecular flexibility index (Phi) is 6.62. The number of hydrogen-bond donors (Lipinski definition) is 3. The van der Waals surface area contributed by atoms with Gasteiger partial charge in [-0.2, -0.15) is 5.10 Å². The zero-order valence-electron chi connectivity index (χ0n) is 19.5. The Morgan fingerprint density at radius 2 is 1.91 bits per heavy atom. The van der Waals surface area contributed by atoms with Gasteiger partial charge in [0, 0.05) is 31.2 Å². The maximum absolute atomic E-state index is 13.2. The Morgan fingerprint density at radius 3 is 2.58 bits per heavy atom. The van der Waals surface area contributed by atoms with Gasteiger partial charge in [-0.25, -0.2) is 9.67 Å². The fourth-order valence-electron chi connectivity index (χ4n) is 4.63. The van der Waals surface area contributed by atoms with Gasteiger partial charge >= 0.3 is 0 Å². The van der Waals surface area contributed by atoms with E-state index < -0.39 is 0 Å². The fourth-order valence-corrected chi connectivity index (χ4v) is 4.63. The van der Waals surface area contributed by atoms with Crippen molar-refractivity contribution in [3.8, 4) is 0 Å². The number of carbonyl (C=O) groups excluding carboxylic acids is 2. The summed E-state index contributed by atoms with van der Waals surface area (Å²) >= 11 is 0. The van der Waals surface area contributed by atoms with Crippen LogP contribution in [0.5, 0.6) is 0 Å². The average molecular weight is 449 g/mol. The van der Waals surface area contributed by atoms with Crippen molar-refractivity contribution < 1.29 is 9.59 Å². The number of aryl methyl sites for hydroxylation is 3. The van der Waals surface area contributed by atoms with E-state index in [2.05, 4.69) is 46.7 Å². The molecule has 2 aromatic heterocycles. The molecule has 4 rings (SSSR count). The number of nitrogens with one attached hydrogen (secondary N) is 2. The lowest BCUT2D eigenvalue weighted by molar-refractivity contribution is -0.122. The van der Waals surface area contributed by atoms with E-state index in [9.17, 15) is 9.59 Å². The van der Waals surface area contributed by atoms with Gasteiger partial charge < -0.3 is 16.4 Å². The van der Waals surface area contributed by atoms with Gasteiger partial charge in [0.2, 0.25) is 5.91 Å². The molecule has 0 atom stereocenters. The molecule has 174 valence electrons. The van der Waals surface area contributed by atoms with Crippen LogP contribution in [0.3, 0.4) is 0 Å². The Labute approximate surface area is 193 Å². The van der Waals surface area contributed by atoms with E-state index in [0.29, 0.717) is 18.7 Å². The largest absolute Gasteiger partial charge is 0.381 e. The van der Waals surface area contributed by atoms with E-state index in [0.717, 1.165) is 53.5 Å². The van der Waals surface area contributed by atoms with Crippen LogP contribution in [0.15, 0.2) is 30.6 Å². The zero-order chi connectivity index (χ0) is 23.5. The van der Waals surface area contributed by atoms with Crippen LogP contribution in [-0.4, -0.2) is 32.6 Å². The smallest absolute Gasteiger partial charge is 0.255 e. The fraction of sp³-hybridized carbons (Fsp3) is 0.440. The summed E-state index contributed by atoms with van der Waals surface area (Å²) in [6.45, 7) is 7.26. The van der Waals surface area contributed by atoms with E-state index in [1.807, 2.05) is 17.7 Å². The number of hydrogen-bond acceptors (Lipinski definition) is 5. The van der Waals surface area contributed by atoms with Gasteiger partial charge in [-0.1, -0.05) is 23.8 Å². The monoisotopic (exact) mass is 448 g/mol. The number of primary amides is 1. The first-order chi connectivity index (χ1) is 15.9. The molecule has 1 fully saturated rings. The van der Waals surface area contributed by atoms with E-state index >= 15 is 0 Å². The Hall–Kier alpha value is -3.42. The maximum atomic E-state index is 13.2. The molecule has 0 aliphatic heterocycles. The van der Waals surface area contributed by atoms with Gasteiger partial charge in [0.05, 0.1) is 22.8 Å². The first-order valence-corrected chi connectivity index (χ1v) is 11.6. The molecule has 0 radical (unpaired) electrons. The lowest BCUT2D eigenvalue weighted by atomic mass is 9.85. The number of nitrogens with zero attached hydrogens (tertiary/aromatic N) is 3. The van der Waals surface area contributed by atoms with E-state index in [4.69, 9.17) is 5.73 Å². The number of amides is 2. The molecule has 4 N–H and O–H groups in total. The Morgan fingerprint density at radius 1 is 1.15 bits per heavy atom. The van der Waals surface area contributed by atoms with Crippen molar-refractivity contribution in [2.24, 2.45) is 11.7 Å². The molecule has 8 heteroatoms. The second kappa shape index (κ2) is 9.60. The summed E-state index contributed by atoms with van der Waals surface area (Å²) in [6, 6.07) is 6.37. The predicted octanol–water partition coefficient (Wildman–Crippen LogP) is 3.45. The highest BCUT2D eigenvalue weighted by Gasteiger charge is 2.27. The molecule has 1 aromatic carbocycles. The molecule has 0 spiro atoms. The van der Waals surface area contributed by atoms with Crippen LogP contribution in [0.1, 0.15) is 59.7 Å². The van der Waals surface area contributed by atoms with Gasteiger partial charge in [0.1, 0.15) is 0 Å². The quantitative estimate of drug-likeness (QED) is 0.512. The summed E-state index contributed by atoms with van der Waals surface area (Å²) in [4.78, 5) is 29.3. The van der Waals surface area contributed by atoms with Crippen molar-refractivity contribution in [1.82, 2.24) is 20.1 Å². The third-order valence-electron chi connectivity index (χ3n) is 6.63. The molecule has 1 saturated carbocycles. The third-order valence-corrected chi connectivity index (χ3v) is 6.63. The molecule has 33 heavy (non-hydrogen) atoms. The third kappa shape index (κ3) is 4.84. The summed E-state index contributed by atoms with van der Waals surface area (Å²) < 4.78 is 1.82. The standard InChI is InChI=1S/C25H32N6O2/c1-4-31-24-20(14-29-31)22(30-19-9-7-17(8-10-19)23(26)32)21(13-27-24)25(33)28-12-18-6-5-15(2)11-16(18)3/h5-6,11,13-14,17,19H,4,7-10,12H2,1-3H3,(H2,26,32)(H,27,30)(H,28,33). The lowest BCUT2D eigenvalue weighted by Crippen LogP contribution is -2.33. The molecule has 0 bridgehead atoms. The van der Waals surface area contributed by atoms with Crippen LogP contribution < -0.4 is 16.4 Å². The molecule has 3 aromatic rings. The van der Waals surface area contributed by atoms with Crippen molar-refractivity contribution >= 4 is 28.5 Å². The molecule has 8 nitrogen and oxygen atoms in total. The summed E-state index contributed by atoms with van der Waals surface area (Å²) in [7, 11) is 0. The minimum atomic E-state index is -0.226. The number of anilines is 1. The number of rotatable bonds is 7. The molecule has 0 saturated heterocycles. The highest BCUT2D eigenvalue weighted by Crippen LogP contribution is 2.31. The minimum Gasteiger partial charge on any atom is -0.381 e. The zero-order valence-corrected chi connectivity index (χ0v) is 19.5. The van der Waals surface area contributed by atoms with Crippen molar-refractivity contribution in [3.05, 3.63) is 52.8 Å². The number of fused-ring (bicyclic) bond motifs is 1. The molecular weight excluding hydrogens is 416 g/mol. The highest BCUT2D eigenvalue weighted by atomic mass is 16.2. The summed E-state index contributed by atoms with van der Waals surface area (Å²) in [6.07, 6.45) is 6.55. The van der Waals surface area contributed by atoms with Gasteiger partial charge in [0.15, 0.2) is 5.65 Å². The van der Waals surface area contributed by atoms with Crippen molar-refractivity contribution in [1.29, 1.82) is 0 Å². The van der Waals surface area contributed by atoms with Crippen molar-refractivity contribution in [2.75, 3.05) is 5.32 Å². The maximum Gasteiger partial charge on any atom is 0.255 e. The predicted molar refractivity (Wildman–Crippen MR) is 129 cm³/mol. The van der Waals surface area contributed by atoms with E-state index in [1.165, 1.54) is 5.56 Å². The van der Waals surface area contributed by atoms with Crippen LogP contribution in [0, 0.1) is 19.8 Å². The van der Waals surface area contributed by atoms with Crippen molar-refractivity contribution in [2.45, 2.75) is 65.6 Å². The SMILES string of the molecule is CCn1ncc2c(NC3CCC(C(N)=O)CC3)c(C(=O)NCc3ccc(C)cc3C)cnc21. The molecule has 2 heterocycles. The van der Waals surface area contributed by atoms with E-state index in [1.54, 1.807) is 12.4 Å². The number of carbonyl (C=O) groups is 2. The van der Waals surface area contributed by atoms with Crippen LogP contribution in [-0.2, 0) is 17.9 Å². The van der Waals surface area contributed by atoms with Gasteiger partial charge in [-0.3, -0.25) is 9.59 Å². The number of benzene rings is 1. The molecule has 1 aliphatic rings. The van der Waals surface area contributed by atoms with Crippen molar-refractivity contribution in [3.63, 3.8) is 0 Å². The second-order valence-corrected chi connectivity index (χ2v) is 8.95. The normalized spacial score (nSPS) is 18.3. The second-order valence-electron chi connectivity index (χ2n) is 8.95. The van der Waals surface area contributed by atoms with Gasteiger partial charge in [0.25, 0.3) is 5.91 Å². The van der Waals surface area contributed by atoms with E-state index in [-0.39, 0.29) is 23.8 Å². The number of aromatic nitrogens is 3. The molecule has 0 unspecified atom stereocenters. The average Bonchev–Trinajstić information content (AvgIpc) is 3.22. The Balaban J connectivity index is 1.59. The molecule has 1 aliphatic carbocycles. The van der Waals surface area contributed by atoms with Crippen LogP contribution in [0.2, 0.25) is 0 Å². The highest BCUT2D eigenvalue weighted by molar-refractivity contribution is 6.06.